The zero-order valence-corrected chi connectivity index (χ0v) is 50.0. The molecule has 0 aliphatic heterocycles. The van der Waals surface area contributed by atoms with Gasteiger partial charge in [-0.2, -0.15) is 18.4 Å². The van der Waals surface area contributed by atoms with Gasteiger partial charge < -0.3 is 9.13 Å². The molecule has 6 aromatic heterocycles. The molecule has 0 fully saturated rings. The number of halogens is 3. The maximum absolute atomic E-state index is 15.9. The Morgan fingerprint density at radius 3 is 0.979 bits per heavy atom. The van der Waals surface area contributed by atoms with E-state index in [9.17, 15) is 5.26 Å². The molecule has 0 aliphatic rings. The number of hydrogen-bond donors (Lipinski definition) is 0. The number of nitriles is 1. The number of pyridine rings is 4. The van der Waals surface area contributed by atoms with E-state index in [4.69, 9.17) is 26.5 Å². The molecule has 0 aliphatic carbocycles. The van der Waals surface area contributed by atoms with E-state index in [1.807, 2.05) is 158 Å². The molecule has 16 aromatic rings. The van der Waals surface area contributed by atoms with Crippen LogP contribution in [0.1, 0.15) is 11.1 Å². The molecule has 6 heterocycles. The minimum atomic E-state index is -4.92. The van der Waals surface area contributed by atoms with Crippen molar-refractivity contribution in [2.75, 3.05) is 0 Å². The van der Waals surface area contributed by atoms with Gasteiger partial charge >= 0.3 is 6.18 Å². The van der Waals surface area contributed by atoms with Gasteiger partial charge in [0.2, 0.25) is 0 Å². The summed E-state index contributed by atoms with van der Waals surface area (Å²) < 4.78 is 51.9. The van der Waals surface area contributed by atoms with Gasteiger partial charge in [-0.05, 0) is 88.5 Å². The van der Waals surface area contributed by atoms with Crippen molar-refractivity contribution in [3.8, 4) is 118 Å². The van der Waals surface area contributed by atoms with Gasteiger partial charge in [-0.25, -0.2) is 4.85 Å². The van der Waals surface area contributed by atoms with Crippen molar-refractivity contribution in [3.63, 3.8) is 0 Å². The number of rotatable bonds is 11. The third-order valence-corrected chi connectivity index (χ3v) is 17.7. The van der Waals surface area contributed by atoms with Gasteiger partial charge in [0.15, 0.2) is 5.69 Å². The molecule has 0 amide bonds. The molecular formula is C83H49F3N8. The van der Waals surface area contributed by atoms with Gasteiger partial charge in [0.1, 0.15) is 0 Å². The molecule has 442 valence electrons. The summed E-state index contributed by atoms with van der Waals surface area (Å²) in [4.78, 5) is 23.6. The van der Waals surface area contributed by atoms with Crippen LogP contribution in [0, 0.1) is 17.9 Å². The highest BCUT2D eigenvalue weighted by Crippen LogP contribution is 2.49. The lowest BCUT2D eigenvalue weighted by Crippen LogP contribution is -2.09. The molecule has 0 saturated heterocycles. The first-order valence-electron chi connectivity index (χ1n) is 30.6. The first-order valence-corrected chi connectivity index (χ1v) is 30.6. The molecule has 11 heteroatoms. The summed E-state index contributed by atoms with van der Waals surface area (Å²) in [5.41, 5.74) is 15.6. The standard InChI is InChI=1S/C83H49F3N8/c1-88-71-32-14-31-70(83(84,85)86)78(71)69-50-77(94-74-47-58(63-29-17-43-91-81(63)54-23-10-4-11-24-54)35-39-67(74)68-40-36-59(48-75(68)94)64-30-18-44-92-82(64)55-25-12-5-13-26-55)76(49-60(69)51-87)93-72-45-56(61-27-15-41-89-79(61)52-19-6-2-7-20-52)33-37-65(72)66-38-34-57(46-73(66)93)62-28-16-42-90-80(62)53-21-8-3-9-22-53/h2-50H. The van der Waals surface area contributed by atoms with Crippen molar-refractivity contribution in [1.82, 2.24) is 29.1 Å². The molecular weight excluding hydrogens is 1170 g/mol. The molecule has 0 atom stereocenters. The lowest BCUT2D eigenvalue weighted by molar-refractivity contribution is -0.137. The molecule has 94 heavy (non-hydrogen) atoms. The average molecular weight is 1220 g/mol. The van der Waals surface area contributed by atoms with Crippen LogP contribution >= 0.6 is 0 Å². The van der Waals surface area contributed by atoms with E-state index in [1.54, 1.807) is 36.9 Å². The molecule has 0 radical (unpaired) electrons. The Balaban J connectivity index is 1.08. The van der Waals surface area contributed by atoms with Crippen LogP contribution in [0.2, 0.25) is 0 Å². The predicted molar refractivity (Wildman–Crippen MR) is 371 cm³/mol. The molecule has 0 N–H and O–H groups in total. The number of nitrogens with zero attached hydrogens (tertiary/aromatic N) is 8. The number of alkyl halides is 3. The van der Waals surface area contributed by atoms with Crippen molar-refractivity contribution in [1.29, 1.82) is 5.26 Å². The Morgan fingerprint density at radius 2 is 0.670 bits per heavy atom. The maximum atomic E-state index is 15.9. The van der Waals surface area contributed by atoms with Crippen LogP contribution in [0.4, 0.5) is 18.9 Å². The van der Waals surface area contributed by atoms with Crippen LogP contribution < -0.4 is 0 Å². The zero-order chi connectivity index (χ0) is 63.4. The Labute approximate surface area is 538 Å². The smallest absolute Gasteiger partial charge is 0.307 e. The monoisotopic (exact) mass is 1210 g/mol. The van der Waals surface area contributed by atoms with Crippen LogP contribution in [-0.4, -0.2) is 29.1 Å². The lowest BCUT2D eigenvalue weighted by Gasteiger charge is -2.22. The second-order valence-corrected chi connectivity index (χ2v) is 23.0. The van der Waals surface area contributed by atoms with Crippen LogP contribution in [0.5, 0.6) is 0 Å². The summed E-state index contributed by atoms with van der Waals surface area (Å²) in [5, 5.41) is 15.2. The van der Waals surface area contributed by atoms with E-state index in [-0.39, 0.29) is 16.8 Å². The summed E-state index contributed by atoms with van der Waals surface area (Å²) in [6.45, 7) is 8.45. The second kappa shape index (κ2) is 23.2. The van der Waals surface area contributed by atoms with Crippen molar-refractivity contribution < 1.29 is 13.2 Å². The molecule has 0 unspecified atom stereocenters. The normalized spacial score (nSPS) is 11.5. The Morgan fingerprint density at radius 1 is 0.340 bits per heavy atom. The minimum Gasteiger partial charge on any atom is -0.307 e. The van der Waals surface area contributed by atoms with Gasteiger partial charge in [0, 0.05) is 96.4 Å². The van der Waals surface area contributed by atoms with Gasteiger partial charge in [0.25, 0.3) is 0 Å². The summed E-state index contributed by atoms with van der Waals surface area (Å²) in [5.74, 6) is 0. The van der Waals surface area contributed by atoms with E-state index in [1.165, 1.54) is 12.1 Å². The maximum Gasteiger partial charge on any atom is 0.415 e. The highest BCUT2D eigenvalue weighted by Gasteiger charge is 2.36. The molecule has 16 rings (SSSR count). The van der Waals surface area contributed by atoms with Crippen molar-refractivity contribution in [3.05, 3.63) is 320 Å². The number of fused-ring (bicyclic) bond motifs is 6. The number of aromatic nitrogens is 6. The fraction of sp³-hybridized carbons (Fsp3) is 0.0120. The largest absolute Gasteiger partial charge is 0.415 e. The van der Waals surface area contributed by atoms with Crippen LogP contribution in [-0.2, 0) is 6.18 Å². The topological polar surface area (TPSA) is 89.6 Å². The number of hydrogen-bond acceptors (Lipinski definition) is 5. The Bertz CT molecular complexity index is 5470. The van der Waals surface area contributed by atoms with Crippen LogP contribution in [0.15, 0.2) is 298 Å². The molecule has 0 saturated carbocycles. The summed E-state index contributed by atoms with van der Waals surface area (Å²) >= 11 is 0. The van der Waals surface area contributed by atoms with E-state index in [0.29, 0.717) is 22.4 Å². The van der Waals surface area contributed by atoms with Crippen molar-refractivity contribution >= 4 is 49.3 Å². The number of benzene rings is 10. The minimum absolute atomic E-state index is 0.0624. The van der Waals surface area contributed by atoms with E-state index < -0.39 is 17.3 Å². The third kappa shape index (κ3) is 9.71. The third-order valence-electron chi connectivity index (χ3n) is 17.7. The highest BCUT2D eigenvalue weighted by atomic mass is 19.4. The summed E-state index contributed by atoms with van der Waals surface area (Å²) in [6.07, 6.45) is 2.21. The summed E-state index contributed by atoms with van der Waals surface area (Å²) in [6, 6.07) is 90.6. The van der Waals surface area contributed by atoms with Crippen molar-refractivity contribution in [2.45, 2.75) is 6.18 Å². The van der Waals surface area contributed by atoms with E-state index in [0.717, 1.165) is 128 Å². The summed E-state index contributed by atoms with van der Waals surface area (Å²) in [7, 11) is 0. The van der Waals surface area contributed by atoms with Crippen LogP contribution in [0.25, 0.3) is 160 Å². The first-order chi connectivity index (χ1) is 46.2. The Kier molecular flexibility index (Phi) is 13.9. The average Bonchev–Trinajstić information content (AvgIpc) is 1.59. The molecule has 0 spiro atoms. The molecule has 10 aromatic carbocycles. The molecule has 8 nitrogen and oxygen atoms in total. The highest BCUT2D eigenvalue weighted by molar-refractivity contribution is 6.14. The molecule has 0 bridgehead atoms. The Hall–Kier alpha value is -12.8. The fourth-order valence-electron chi connectivity index (χ4n) is 13.5. The van der Waals surface area contributed by atoms with E-state index >= 15 is 13.2 Å². The fourth-order valence-corrected chi connectivity index (χ4v) is 13.5. The zero-order valence-electron chi connectivity index (χ0n) is 50.0. The van der Waals surface area contributed by atoms with Crippen LogP contribution in [0.3, 0.4) is 0 Å². The van der Waals surface area contributed by atoms with E-state index in [2.05, 4.69) is 105 Å². The quantitative estimate of drug-likeness (QED) is 0.120. The van der Waals surface area contributed by atoms with Crippen molar-refractivity contribution in [2.24, 2.45) is 0 Å². The van der Waals surface area contributed by atoms with Gasteiger partial charge in [-0.3, -0.25) is 19.9 Å². The van der Waals surface area contributed by atoms with Gasteiger partial charge in [-0.1, -0.05) is 212 Å². The lowest BCUT2D eigenvalue weighted by atomic mass is 9.92. The van der Waals surface area contributed by atoms with Gasteiger partial charge in [-0.15, -0.1) is 0 Å². The SMILES string of the molecule is [C-]#[N+]c1cccc(C(F)(F)F)c1-c1cc(-n2c3cc(-c4cccnc4-c4ccccc4)ccc3c3ccc(-c4cccnc4-c4ccccc4)cc32)c(-n2c3cc(-c4cccnc4-c4ccccc4)ccc3c3ccc(-c4cccnc4-c4ccccc4)cc32)cc1C#N. The van der Waals surface area contributed by atoms with Gasteiger partial charge in [0.05, 0.1) is 80.0 Å². The predicted octanol–water partition coefficient (Wildman–Crippen LogP) is 21.9. The first kappa shape index (κ1) is 56.4. The second-order valence-electron chi connectivity index (χ2n) is 23.0.